The van der Waals surface area contributed by atoms with Gasteiger partial charge in [-0.2, -0.15) is 5.10 Å². The van der Waals surface area contributed by atoms with Crippen LogP contribution in [0.3, 0.4) is 0 Å². The Balaban J connectivity index is 1.81. The second kappa shape index (κ2) is 7.76. The van der Waals surface area contributed by atoms with Gasteiger partial charge in [0.15, 0.2) is 0 Å². The van der Waals surface area contributed by atoms with Crippen molar-refractivity contribution >= 4 is 41.0 Å². The van der Waals surface area contributed by atoms with Gasteiger partial charge in [0.2, 0.25) is 0 Å². The minimum Gasteiger partial charge on any atom is -0.369 e. The number of nitrogens with zero attached hydrogens (tertiary/aromatic N) is 2. The van der Waals surface area contributed by atoms with Gasteiger partial charge >= 0.3 is 0 Å². The molecule has 0 aromatic heterocycles. The first-order chi connectivity index (χ1) is 13.1. The zero-order valence-corrected chi connectivity index (χ0v) is 18.3. The molecule has 1 heterocycles. The van der Waals surface area contributed by atoms with Crippen LogP contribution in [-0.2, 0) is 0 Å². The Morgan fingerprint density at radius 1 is 1.25 bits per heavy atom. The third-order valence-electron chi connectivity index (χ3n) is 5.49. The highest BCUT2D eigenvalue weighted by atomic mass is 35.5. The van der Waals surface area contributed by atoms with Crippen molar-refractivity contribution < 1.29 is 4.79 Å². The Bertz CT molecular complexity index is 953. The van der Waals surface area contributed by atoms with Crippen LogP contribution in [0.25, 0.3) is 0 Å². The van der Waals surface area contributed by atoms with E-state index in [0.29, 0.717) is 21.5 Å². The molecule has 0 bridgehead atoms. The summed E-state index contributed by atoms with van der Waals surface area (Å²) in [6, 6.07) is 9.31. The van der Waals surface area contributed by atoms with Crippen LogP contribution in [0.5, 0.6) is 0 Å². The smallest absolute Gasteiger partial charge is 0.272 e. The molecule has 1 amide bonds. The number of hydrazone groups is 1. The number of carbonyl (C=O) groups is 1. The number of benzene rings is 2. The van der Waals surface area contributed by atoms with Crippen molar-refractivity contribution in [1.82, 2.24) is 5.43 Å². The summed E-state index contributed by atoms with van der Waals surface area (Å²) in [6.45, 7) is 8.62. The predicted octanol–water partition coefficient (Wildman–Crippen LogP) is 5.79. The Kier molecular flexibility index (Phi) is 5.74. The zero-order valence-electron chi connectivity index (χ0n) is 16.8. The molecule has 0 radical (unpaired) electrons. The van der Waals surface area contributed by atoms with Crippen LogP contribution in [0, 0.1) is 6.92 Å². The van der Waals surface area contributed by atoms with Gasteiger partial charge in [0, 0.05) is 23.8 Å². The molecule has 1 atom stereocenters. The maximum atomic E-state index is 12.3. The van der Waals surface area contributed by atoms with E-state index in [9.17, 15) is 4.79 Å². The van der Waals surface area contributed by atoms with Crippen molar-refractivity contribution in [2.75, 3.05) is 11.9 Å². The van der Waals surface area contributed by atoms with E-state index in [4.69, 9.17) is 23.2 Å². The number of carbonyl (C=O) groups excluding carboxylic acids is 1. The number of hydrogen-bond donors (Lipinski definition) is 1. The summed E-state index contributed by atoms with van der Waals surface area (Å²) in [5.41, 5.74) is 7.13. The SMILES string of the molecule is Cc1ccc(C(=O)N/N=C\c2cc3c(cc2Cl)N(C)C(C)(C)CC3C)c(Cl)c1. The van der Waals surface area contributed by atoms with Gasteiger partial charge in [-0.3, -0.25) is 4.79 Å². The summed E-state index contributed by atoms with van der Waals surface area (Å²) >= 11 is 12.6. The van der Waals surface area contributed by atoms with Crippen LogP contribution in [-0.4, -0.2) is 24.7 Å². The Labute approximate surface area is 176 Å². The van der Waals surface area contributed by atoms with Crippen molar-refractivity contribution in [2.24, 2.45) is 5.10 Å². The van der Waals surface area contributed by atoms with Crippen molar-refractivity contribution in [2.45, 2.75) is 45.6 Å². The monoisotopic (exact) mass is 417 g/mol. The van der Waals surface area contributed by atoms with E-state index < -0.39 is 0 Å². The molecule has 1 N–H and O–H groups in total. The number of nitrogens with one attached hydrogen (secondary N) is 1. The van der Waals surface area contributed by atoms with Crippen molar-refractivity contribution in [3.63, 3.8) is 0 Å². The van der Waals surface area contributed by atoms with E-state index in [2.05, 4.69) is 49.3 Å². The van der Waals surface area contributed by atoms with Crippen LogP contribution in [0.4, 0.5) is 5.69 Å². The summed E-state index contributed by atoms with van der Waals surface area (Å²) in [5, 5.41) is 5.08. The molecule has 4 nitrogen and oxygen atoms in total. The molecule has 0 saturated carbocycles. The average molecular weight is 418 g/mol. The molecular weight excluding hydrogens is 393 g/mol. The number of amides is 1. The van der Waals surface area contributed by atoms with Gasteiger partial charge in [0.05, 0.1) is 21.8 Å². The van der Waals surface area contributed by atoms with Crippen LogP contribution >= 0.6 is 23.2 Å². The van der Waals surface area contributed by atoms with Crippen LogP contribution in [0.15, 0.2) is 35.4 Å². The second-order valence-corrected chi connectivity index (χ2v) is 8.91. The molecule has 2 aromatic rings. The molecule has 0 fully saturated rings. The summed E-state index contributed by atoms with van der Waals surface area (Å²) in [4.78, 5) is 14.6. The molecule has 0 saturated heterocycles. The lowest BCUT2D eigenvalue weighted by Crippen LogP contribution is -2.45. The average Bonchev–Trinajstić information content (AvgIpc) is 2.60. The highest BCUT2D eigenvalue weighted by molar-refractivity contribution is 6.34. The summed E-state index contributed by atoms with van der Waals surface area (Å²) in [5.74, 6) is 0.0526. The highest BCUT2D eigenvalue weighted by Gasteiger charge is 2.34. The van der Waals surface area contributed by atoms with E-state index in [0.717, 1.165) is 23.2 Å². The molecule has 0 spiro atoms. The minimum atomic E-state index is -0.356. The van der Waals surface area contributed by atoms with Gasteiger partial charge in [-0.25, -0.2) is 5.43 Å². The predicted molar refractivity (Wildman–Crippen MR) is 118 cm³/mol. The third kappa shape index (κ3) is 4.03. The molecule has 3 rings (SSSR count). The van der Waals surface area contributed by atoms with Gasteiger partial charge in [0.1, 0.15) is 0 Å². The largest absolute Gasteiger partial charge is 0.369 e. The van der Waals surface area contributed by atoms with Gasteiger partial charge < -0.3 is 4.90 Å². The first-order valence-electron chi connectivity index (χ1n) is 9.27. The fourth-order valence-corrected chi connectivity index (χ4v) is 4.26. The molecule has 1 aliphatic rings. The van der Waals surface area contributed by atoms with Crippen molar-refractivity contribution in [1.29, 1.82) is 0 Å². The first kappa shape index (κ1) is 20.7. The van der Waals surface area contributed by atoms with E-state index in [1.165, 1.54) is 5.56 Å². The summed E-state index contributed by atoms with van der Waals surface area (Å²) in [6.07, 6.45) is 2.63. The van der Waals surface area contributed by atoms with E-state index in [-0.39, 0.29) is 11.4 Å². The normalized spacial score (nSPS) is 18.2. The van der Waals surface area contributed by atoms with E-state index in [1.807, 2.05) is 19.1 Å². The van der Waals surface area contributed by atoms with Gasteiger partial charge in [-0.1, -0.05) is 36.2 Å². The number of hydrogen-bond acceptors (Lipinski definition) is 3. The maximum Gasteiger partial charge on any atom is 0.272 e. The molecular formula is C22H25Cl2N3O. The first-order valence-corrected chi connectivity index (χ1v) is 10.0. The molecule has 148 valence electrons. The zero-order chi connectivity index (χ0) is 20.6. The minimum absolute atomic E-state index is 0.0760. The maximum absolute atomic E-state index is 12.3. The van der Waals surface area contributed by atoms with Gasteiger partial charge in [0.25, 0.3) is 5.91 Å². The summed E-state index contributed by atoms with van der Waals surface area (Å²) in [7, 11) is 2.10. The molecule has 0 aliphatic carbocycles. The van der Waals surface area contributed by atoms with Crippen LogP contribution in [0.1, 0.15) is 60.2 Å². The van der Waals surface area contributed by atoms with E-state index >= 15 is 0 Å². The lowest BCUT2D eigenvalue weighted by Gasteiger charge is -2.45. The number of rotatable bonds is 3. The topological polar surface area (TPSA) is 44.7 Å². The fourth-order valence-electron chi connectivity index (χ4n) is 3.73. The third-order valence-corrected chi connectivity index (χ3v) is 6.13. The Morgan fingerprint density at radius 2 is 1.96 bits per heavy atom. The van der Waals surface area contributed by atoms with Crippen LogP contribution < -0.4 is 10.3 Å². The second-order valence-electron chi connectivity index (χ2n) is 8.09. The molecule has 1 aliphatic heterocycles. The van der Waals surface area contributed by atoms with Crippen molar-refractivity contribution in [3.05, 3.63) is 62.6 Å². The molecule has 2 aromatic carbocycles. The van der Waals surface area contributed by atoms with E-state index in [1.54, 1.807) is 18.3 Å². The molecule has 1 unspecified atom stereocenters. The fraction of sp³-hybridized carbons (Fsp3) is 0.364. The lowest BCUT2D eigenvalue weighted by molar-refractivity contribution is 0.0955. The molecule has 28 heavy (non-hydrogen) atoms. The Morgan fingerprint density at radius 3 is 2.64 bits per heavy atom. The number of anilines is 1. The lowest BCUT2D eigenvalue weighted by atomic mass is 9.80. The number of halogens is 2. The van der Waals surface area contributed by atoms with Gasteiger partial charge in [-0.15, -0.1) is 0 Å². The Hall–Kier alpha value is -2.04. The molecule has 6 heteroatoms. The number of fused-ring (bicyclic) bond motifs is 1. The standard InChI is InChI=1S/C22H25Cl2N3O/c1-13-6-7-16(19(24)8-13)21(28)26-25-12-15-9-17-14(2)11-22(3,4)27(5)20(17)10-18(15)23/h6-10,12,14H,11H2,1-5H3,(H,26,28)/b25-12-. The summed E-state index contributed by atoms with van der Waals surface area (Å²) < 4.78 is 0. The van der Waals surface area contributed by atoms with Crippen LogP contribution in [0.2, 0.25) is 10.0 Å². The van der Waals surface area contributed by atoms with Crippen molar-refractivity contribution in [3.8, 4) is 0 Å². The number of aryl methyl sites for hydroxylation is 1. The van der Waals surface area contributed by atoms with Gasteiger partial charge in [-0.05, 0) is 68.5 Å². The quantitative estimate of drug-likeness (QED) is 0.507. The highest BCUT2D eigenvalue weighted by Crippen LogP contribution is 2.44.